The third-order valence-electron chi connectivity index (χ3n) is 5.65. The van der Waals surface area contributed by atoms with Crippen LogP contribution in [0.5, 0.6) is 0 Å². The average molecular weight is 479 g/mol. The predicted octanol–water partition coefficient (Wildman–Crippen LogP) is 6.50. The quantitative estimate of drug-likeness (QED) is 0.266. The number of nitrogens with zero attached hydrogens (tertiary/aromatic N) is 3. The number of ketones is 1. The first-order valence-electron chi connectivity index (χ1n) is 11.1. The van der Waals surface area contributed by atoms with Crippen molar-refractivity contribution in [3.05, 3.63) is 83.4 Å². The van der Waals surface area contributed by atoms with Crippen molar-refractivity contribution in [2.45, 2.75) is 27.2 Å². The number of Topliss-reactive ketones (excluding diaryl/α,β-unsaturated/α-hetero) is 1. The lowest BCUT2D eigenvalue weighted by atomic mass is 10.00. The fraction of sp³-hybridized carbons (Fsp3) is 0.259. The van der Waals surface area contributed by atoms with E-state index in [0.717, 1.165) is 5.69 Å². The lowest BCUT2D eigenvalue weighted by molar-refractivity contribution is -0.121. The summed E-state index contributed by atoms with van der Waals surface area (Å²) in [5, 5.41) is 8.78. The van der Waals surface area contributed by atoms with Crippen LogP contribution in [0.1, 0.15) is 38.4 Å². The highest BCUT2D eigenvalue weighted by molar-refractivity contribution is 6.33. The Morgan fingerprint density at radius 3 is 2.74 bits per heavy atom. The van der Waals surface area contributed by atoms with Crippen molar-refractivity contribution >= 4 is 45.4 Å². The van der Waals surface area contributed by atoms with Gasteiger partial charge in [-0.05, 0) is 43.3 Å². The summed E-state index contributed by atoms with van der Waals surface area (Å²) in [4.78, 5) is 23.5. The van der Waals surface area contributed by atoms with E-state index < -0.39 is 5.82 Å². The third-order valence-corrected chi connectivity index (χ3v) is 5.89. The highest BCUT2D eigenvalue weighted by Gasteiger charge is 2.18. The summed E-state index contributed by atoms with van der Waals surface area (Å²) in [6.45, 7) is 10.9. The maximum atomic E-state index is 14.3. The summed E-state index contributed by atoms with van der Waals surface area (Å²) in [6.07, 6.45) is 6.27. The molecule has 0 aliphatic heterocycles. The number of carbonyl (C=O) groups is 1. The molecule has 0 bridgehead atoms. The van der Waals surface area contributed by atoms with Crippen molar-refractivity contribution < 1.29 is 9.18 Å². The van der Waals surface area contributed by atoms with Gasteiger partial charge in [0.1, 0.15) is 11.6 Å². The van der Waals surface area contributed by atoms with Crippen LogP contribution in [-0.4, -0.2) is 34.6 Å². The average Bonchev–Trinajstić information content (AvgIpc) is 2.85. The van der Waals surface area contributed by atoms with E-state index in [4.69, 9.17) is 17.0 Å². The molecule has 3 aromatic rings. The van der Waals surface area contributed by atoms with Gasteiger partial charge in [0, 0.05) is 41.6 Å². The Morgan fingerprint density at radius 1 is 1.26 bits per heavy atom. The van der Waals surface area contributed by atoms with E-state index in [-0.39, 0.29) is 28.5 Å². The van der Waals surface area contributed by atoms with Crippen LogP contribution in [0.2, 0.25) is 5.02 Å². The minimum absolute atomic E-state index is 0.0679. The zero-order valence-corrected chi connectivity index (χ0v) is 20.4. The number of halogens is 2. The zero-order valence-electron chi connectivity index (χ0n) is 19.6. The van der Waals surface area contributed by atoms with Gasteiger partial charge < -0.3 is 4.90 Å². The standard InChI is InChI=1S/C27H28ClFN4O/c1-5-7-12-33(16-17(3)26(34)6-2)20-14-25-24(31-15-20)11-10-23(32-25)18(4)27(30)21-13-19(28)8-9-22(21)29/h5,7-11,13-15,17,30H,4,6,12,16H2,1-3H3/b7-5-,30-27?. The second kappa shape index (κ2) is 11.2. The highest BCUT2D eigenvalue weighted by Crippen LogP contribution is 2.25. The van der Waals surface area contributed by atoms with Crippen molar-refractivity contribution in [2.75, 3.05) is 18.0 Å². The minimum Gasteiger partial charge on any atom is -0.366 e. The van der Waals surface area contributed by atoms with Gasteiger partial charge in [0.05, 0.1) is 34.3 Å². The van der Waals surface area contributed by atoms with Gasteiger partial charge >= 0.3 is 0 Å². The Bertz CT molecular complexity index is 1270. The van der Waals surface area contributed by atoms with Crippen LogP contribution in [-0.2, 0) is 4.79 Å². The van der Waals surface area contributed by atoms with E-state index >= 15 is 0 Å². The molecule has 0 radical (unpaired) electrons. The molecule has 2 aromatic heterocycles. The second-order valence-corrected chi connectivity index (χ2v) is 8.54. The van der Waals surface area contributed by atoms with Crippen LogP contribution in [0.4, 0.5) is 10.1 Å². The van der Waals surface area contributed by atoms with Gasteiger partial charge in [-0.15, -0.1) is 0 Å². The van der Waals surface area contributed by atoms with E-state index in [1.54, 1.807) is 18.3 Å². The largest absolute Gasteiger partial charge is 0.366 e. The number of aromatic nitrogens is 2. The van der Waals surface area contributed by atoms with Crippen molar-refractivity contribution in [1.82, 2.24) is 9.97 Å². The monoisotopic (exact) mass is 478 g/mol. The van der Waals surface area contributed by atoms with Crippen LogP contribution in [0.25, 0.3) is 16.6 Å². The number of pyridine rings is 2. The van der Waals surface area contributed by atoms with Crippen LogP contribution < -0.4 is 4.90 Å². The lowest BCUT2D eigenvalue weighted by Gasteiger charge is -2.26. The number of hydrogen-bond acceptors (Lipinski definition) is 5. The summed E-state index contributed by atoms with van der Waals surface area (Å²) in [5.74, 6) is -0.448. The molecule has 7 heteroatoms. The Labute approximate surface area is 204 Å². The van der Waals surface area contributed by atoms with Gasteiger partial charge in [-0.2, -0.15) is 0 Å². The van der Waals surface area contributed by atoms with Gasteiger partial charge in [0.25, 0.3) is 0 Å². The van der Waals surface area contributed by atoms with Crippen molar-refractivity contribution in [3.63, 3.8) is 0 Å². The normalized spacial score (nSPS) is 12.1. The molecule has 0 aliphatic rings. The van der Waals surface area contributed by atoms with Gasteiger partial charge in [-0.1, -0.05) is 44.2 Å². The number of nitrogens with one attached hydrogen (secondary N) is 1. The van der Waals surface area contributed by atoms with Gasteiger partial charge in [0.2, 0.25) is 0 Å². The van der Waals surface area contributed by atoms with E-state index in [1.807, 2.05) is 39.0 Å². The molecular formula is C27H28ClFN4O. The Balaban J connectivity index is 1.95. The summed E-state index contributed by atoms with van der Waals surface area (Å²) in [7, 11) is 0. The number of anilines is 1. The second-order valence-electron chi connectivity index (χ2n) is 8.10. The topological polar surface area (TPSA) is 69.9 Å². The van der Waals surface area contributed by atoms with E-state index in [2.05, 4.69) is 21.4 Å². The van der Waals surface area contributed by atoms with E-state index in [9.17, 15) is 9.18 Å². The summed E-state index contributed by atoms with van der Waals surface area (Å²) >= 11 is 5.99. The molecule has 0 spiro atoms. The first kappa shape index (κ1) is 25.2. The van der Waals surface area contributed by atoms with Crippen LogP contribution in [0, 0.1) is 17.1 Å². The molecule has 2 heterocycles. The molecule has 176 valence electrons. The first-order chi connectivity index (χ1) is 16.2. The van der Waals surface area contributed by atoms with Crippen LogP contribution in [0.15, 0.2) is 61.3 Å². The summed E-state index contributed by atoms with van der Waals surface area (Å²) in [6, 6.07) is 9.50. The summed E-state index contributed by atoms with van der Waals surface area (Å²) in [5.41, 5.74) is 2.86. The Hall–Kier alpha value is -3.38. The molecule has 0 aliphatic carbocycles. The van der Waals surface area contributed by atoms with Gasteiger partial charge in [0.15, 0.2) is 0 Å². The SMILES string of the molecule is C=C(C(=N)c1cc(Cl)ccc1F)c1ccc2ncc(N(C/C=C\C)CC(C)C(=O)CC)cc2n1. The van der Waals surface area contributed by atoms with Gasteiger partial charge in [-0.25, -0.2) is 9.37 Å². The molecule has 1 unspecified atom stereocenters. The number of benzene rings is 1. The molecule has 3 rings (SSSR count). The molecule has 34 heavy (non-hydrogen) atoms. The van der Waals surface area contributed by atoms with Crippen LogP contribution >= 0.6 is 11.6 Å². The molecule has 0 amide bonds. The number of allylic oxidation sites excluding steroid dienone is 2. The fourth-order valence-corrected chi connectivity index (χ4v) is 3.79. The predicted molar refractivity (Wildman–Crippen MR) is 138 cm³/mol. The van der Waals surface area contributed by atoms with Crippen molar-refractivity contribution in [1.29, 1.82) is 5.41 Å². The Kier molecular flexibility index (Phi) is 8.29. The molecule has 0 saturated carbocycles. The molecule has 0 saturated heterocycles. The lowest BCUT2D eigenvalue weighted by Crippen LogP contribution is -2.32. The third kappa shape index (κ3) is 5.75. The molecule has 0 fully saturated rings. The number of carbonyl (C=O) groups excluding carboxylic acids is 1. The highest BCUT2D eigenvalue weighted by atomic mass is 35.5. The smallest absolute Gasteiger partial charge is 0.137 e. The molecule has 1 aromatic carbocycles. The molecule has 5 nitrogen and oxygen atoms in total. The molecular weight excluding hydrogens is 451 g/mol. The van der Waals surface area contributed by atoms with Gasteiger partial charge in [-0.3, -0.25) is 15.2 Å². The number of rotatable bonds is 10. The van der Waals surface area contributed by atoms with E-state index in [1.165, 1.54) is 18.2 Å². The van der Waals surface area contributed by atoms with Crippen molar-refractivity contribution in [3.8, 4) is 0 Å². The molecule has 1 atom stereocenters. The number of fused-ring (bicyclic) bond motifs is 1. The molecule has 1 N–H and O–H groups in total. The van der Waals surface area contributed by atoms with E-state index in [0.29, 0.717) is 41.3 Å². The fourth-order valence-electron chi connectivity index (χ4n) is 3.62. The maximum absolute atomic E-state index is 14.3. The first-order valence-corrected chi connectivity index (χ1v) is 11.5. The van der Waals surface area contributed by atoms with Crippen molar-refractivity contribution in [2.24, 2.45) is 5.92 Å². The Morgan fingerprint density at radius 2 is 2.03 bits per heavy atom. The van der Waals surface area contributed by atoms with Crippen LogP contribution in [0.3, 0.4) is 0 Å². The zero-order chi connectivity index (χ0) is 24.8. The maximum Gasteiger partial charge on any atom is 0.137 e. The number of hydrogen-bond donors (Lipinski definition) is 1. The minimum atomic E-state index is -0.546. The summed E-state index contributed by atoms with van der Waals surface area (Å²) < 4.78 is 14.3.